The third kappa shape index (κ3) is 4.21. The predicted molar refractivity (Wildman–Crippen MR) is 130 cm³/mol. The molecule has 10 nitrogen and oxygen atoms in total. The Labute approximate surface area is 194 Å². The van der Waals surface area contributed by atoms with Crippen LogP contribution in [-0.4, -0.2) is 79.9 Å². The average Bonchev–Trinajstić information content (AvgIpc) is 3.37. The Morgan fingerprint density at radius 3 is 2.73 bits per heavy atom. The molecular formula is C20H26B3N7O3. The Morgan fingerprint density at radius 2 is 2.09 bits per heavy atom. The maximum Gasteiger partial charge on any atom is 0.257 e. The minimum atomic E-state index is -0.218. The monoisotopic (exact) mass is 445 g/mol. The molecule has 1 unspecified atom stereocenters. The van der Waals surface area contributed by atoms with E-state index in [1.54, 1.807) is 6.20 Å². The second kappa shape index (κ2) is 8.43. The van der Waals surface area contributed by atoms with Gasteiger partial charge in [-0.25, -0.2) is 4.98 Å². The Bertz CT molecular complexity index is 1210. The van der Waals surface area contributed by atoms with Crippen LogP contribution in [0.1, 0.15) is 31.5 Å². The molecule has 3 aromatic heterocycles. The zero-order chi connectivity index (χ0) is 23.2. The highest BCUT2D eigenvalue weighted by molar-refractivity contribution is 6.56. The van der Waals surface area contributed by atoms with E-state index in [-0.39, 0.29) is 23.5 Å². The highest BCUT2D eigenvalue weighted by Crippen LogP contribution is 2.32. The fraction of sp³-hybridized carbons (Fsp3) is 0.500. The van der Waals surface area contributed by atoms with E-state index in [9.17, 15) is 5.26 Å². The molecular weight excluding hydrogens is 419 g/mol. The number of rotatable bonds is 6. The molecule has 33 heavy (non-hydrogen) atoms. The largest absolute Gasteiger partial charge is 0.467 e. The smallest absolute Gasteiger partial charge is 0.257 e. The normalized spacial score (nSPS) is 21.5. The van der Waals surface area contributed by atoms with Gasteiger partial charge in [-0.3, -0.25) is 4.68 Å². The van der Waals surface area contributed by atoms with E-state index < -0.39 is 0 Å². The second-order valence-electron chi connectivity index (χ2n) is 9.61. The van der Waals surface area contributed by atoms with Gasteiger partial charge in [0.2, 0.25) is 5.95 Å². The van der Waals surface area contributed by atoms with Crippen LogP contribution < -0.4 is 10.1 Å². The van der Waals surface area contributed by atoms with Crippen molar-refractivity contribution in [3.63, 3.8) is 0 Å². The number of nitrogens with zero attached hydrogens (tertiary/aromatic N) is 6. The van der Waals surface area contributed by atoms with E-state index in [0.717, 1.165) is 23.9 Å². The van der Waals surface area contributed by atoms with Crippen LogP contribution in [0.2, 0.25) is 0 Å². The highest BCUT2D eigenvalue weighted by Gasteiger charge is 2.32. The fourth-order valence-corrected chi connectivity index (χ4v) is 4.10. The van der Waals surface area contributed by atoms with Crippen molar-refractivity contribution in [2.75, 3.05) is 25.1 Å². The van der Waals surface area contributed by atoms with E-state index in [0.29, 0.717) is 43.0 Å². The molecule has 0 bridgehead atoms. The second-order valence-corrected chi connectivity index (χ2v) is 9.61. The van der Waals surface area contributed by atoms with Crippen molar-refractivity contribution < 1.29 is 14.2 Å². The lowest BCUT2D eigenvalue weighted by molar-refractivity contribution is -0.140. The molecule has 0 aromatic carbocycles. The molecule has 0 aliphatic carbocycles. The lowest BCUT2D eigenvalue weighted by Gasteiger charge is -2.33. The van der Waals surface area contributed by atoms with Gasteiger partial charge in [0.05, 0.1) is 18.9 Å². The van der Waals surface area contributed by atoms with Gasteiger partial charge in [-0.2, -0.15) is 10.2 Å². The van der Waals surface area contributed by atoms with Gasteiger partial charge in [0, 0.05) is 30.8 Å². The first-order chi connectivity index (χ1) is 15.8. The molecule has 2 atom stereocenters. The molecule has 1 N–H and O–H groups in total. The van der Waals surface area contributed by atoms with Crippen LogP contribution in [0.25, 0.3) is 11.0 Å². The first-order valence-electron chi connectivity index (χ1n) is 11.3. The lowest BCUT2D eigenvalue weighted by atomic mass is 9.49. The van der Waals surface area contributed by atoms with Crippen LogP contribution in [0.3, 0.4) is 0 Å². The Hall–Kier alpha value is -2.97. The maximum absolute atomic E-state index is 9.70. The SMILES string of the molecule is BC(B)(B)n1cc(Nc2ncc3cc(C#N)n(C4CCOCC4)c3n2)c(OC2CO[C@@H]2C)n1. The van der Waals surface area contributed by atoms with Crippen molar-refractivity contribution in [1.82, 2.24) is 24.3 Å². The molecule has 2 aliphatic rings. The van der Waals surface area contributed by atoms with Gasteiger partial charge < -0.3 is 24.1 Å². The number of nitriles is 1. The van der Waals surface area contributed by atoms with E-state index in [1.165, 1.54) is 0 Å². The van der Waals surface area contributed by atoms with Crippen molar-refractivity contribution in [3.05, 3.63) is 24.2 Å². The molecule has 2 saturated heterocycles. The topological polar surface area (TPSA) is 112 Å². The van der Waals surface area contributed by atoms with Gasteiger partial charge in [0.25, 0.3) is 5.88 Å². The molecule has 3 aromatic rings. The minimum absolute atomic E-state index is 0.0254. The average molecular weight is 445 g/mol. The number of nitrogens with one attached hydrogen (secondary N) is 1. The van der Waals surface area contributed by atoms with Gasteiger partial charge in [-0.1, -0.05) is 0 Å². The summed E-state index contributed by atoms with van der Waals surface area (Å²) in [6, 6.07) is 4.33. The van der Waals surface area contributed by atoms with Gasteiger partial charge >= 0.3 is 0 Å². The molecule has 0 radical (unpaired) electrons. The molecule has 168 valence electrons. The van der Waals surface area contributed by atoms with Crippen molar-refractivity contribution in [2.45, 2.75) is 43.3 Å². The van der Waals surface area contributed by atoms with Gasteiger partial charge in [-0.05, 0) is 31.1 Å². The first kappa shape index (κ1) is 21.9. The summed E-state index contributed by atoms with van der Waals surface area (Å²) in [6.45, 7) is 3.89. The molecule has 0 spiro atoms. The van der Waals surface area contributed by atoms with Gasteiger partial charge in [0.1, 0.15) is 52.7 Å². The van der Waals surface area contributed by atoms with Crippen molar-refractivity contribution in [2.24, 2.45) is 0 Å². The Morgan fingerprint density at radius 1 is 1.30 bits per heavy atom. The molecule has 2 aliphatic heterocycles. The van der Waals surface area contributed by atoms with E-state index in [2.05, 4.69) is 45.0 Å². The summed E-state index contributed by atoms with van der Waals surface area (Å²) in [6.07, 6.45) is 5.34. The first-order valence-corrected chi connectivity index (χ1v) is 11.3. The summed E-state index contributed by atoms with van der Waals surface area (Å²) < 4.78 is 21.0. The fourth-order valence-electron chi connectivity index (χ4n) is 4.10. The van der Waals surface area contributed by atoms with Crippen molar-refractivity contribution >= 4 is 46.2 Å². The quantitative estimate of drug-likeness (QED) is 0.493. The van der Waals surface area contributed by atoms with Crippen LogP contribution in [0, 0.1) is 11.3 Å². The van der Waals surface area contributed by atoms with E-state index in [4.69, 9.17) is 19.2 Å². The summed E-state index contributed by atoms with van der Waals surface area (Å²) in [5, 5.41) is 18.3. The summed E-state index contributed by atoms with van der Waals surface area (Å²) in [7, 11) is 6.24. The number of hydrogen-bond acceptors (Lipinski definition) is 8. The molecule has 0 amide bonds. The molecule has 13 heteroatoms. The summed E-state index contributed by atoms with van der Waals surface area (Å²) in [4.78, 5) is 9.28. The molecule has 5 heterocycles. The third-order valence-electron chi connectivity index (χ3n) is 6.17. The molecule has 5 rings (SSSR count). The van der Waals surface area contributed by atoms with E-state index >= 15 is 0 Å². The molecule has 0 saturated carbocycles. The number of ether oxygens (including phenoxy) is 3. The standard InChI is InChI=1S/C20H26B3N7O3/c1-11-16(10-32-11)33-18-15(9-29(28-18)20(21,22)23)26-19-25-8-12-6-14(7-24)30(17(12)27-19)13-2-4-31-5-3-13/h6,8-9,11,13,16H,2-5,10,21-23H2,1H3,(H,25,26,27)/t11-,16?/m1/s1. The number of anilines is 2. The maximum atomic E-state index is 9.70. The zero-order valence-electron chi connectivity index (χ0n) is 19.4. The number of hydrogen-bond donors (Lipinski definition) is 1. The zero-order valence-corrected chi connectivity index (χ0v) is 19.4. The number of fused-ring (bicyclic) bond motifs is 1. The van der Waals surface area contributed by atoms with Crippen LogP contribution >= 0.6 is 0 Å². The molecule has 2 fully saturated rings. The minimum Gasteiger partial charge on any atom is -0.467 e. The Balaban J connectivity index is 1.50. The lowest BCUT2D eigenvalue weighted by Crippen LogP contribution is -2.47. The van der Waals surface area contributed by atoms with Crippen molar-refractivity contribution in [1.29, 1.82) is 5.26 Å². The van der Waals surface area contributed by atoms with Crippen LogP contribution in [0.5, 0.6) is 5.88 Å². The predicted octanol–water partition coefficient (Wildman–Crippen LogP) is -0.772. The Kier molecular flexibility index (Phi) is 5.58. The summed E-state index contributed by atoms with van der Waals surface area (Å²) >= 11 is 0. The van der Waals surface area contributed by atoms with Crippen LogP contribution in [0.4, 0.5) is 11.6 Å². The van der Waals surface area contributed by atoms with Gasteiger partial charge in [0.15, 0.2) is 0 Å². The number of aromatic nitrogens is 5. The summed E-state index contributed by atoms with van der Waals surface area (Å²) in [5.41, 5.74) is 2.02. The van der Waals surface area contributed by atoms with Gasteiger partial charge in [-0.15, -0.1) is 5.10 Å². The highest BCUT2D eigenvalue weighted by atomic mass is 16.6. The van der Waals surface area contributed by atoms with Crippen molar-refractivity contribution in [3.8, 4) is 11.9 Å². The third-order valence-corrected chi connectivity index (χ3v) is 6.17. The van der Waals surface area contributed by atoms with Crippen LogP contribution in [0.15, 0.2) is 18.5 Å². The summed E-state index contributed by atoms with van der Waals surface area (Å²) in [5.74, 6) is 0.918. The van der Waals surface area contributed by atoms with Crippen LogP contribution in [-0.2, 0) is 14.7 Å². The van der Waals surface area contributed by atoms with E-state index in [1.807, 2.05) is 28.4 Å².